The Balaban J connectivity index is 2.22. The highest BCUT2D eigenvalue weighted by atomic mass is 16.6. The molecule has 6 nitrogen and oxygen atoms in total. The molecule has 0 aliphatic heterocycles. The number of ether oxygens (including phenoxy) is 2. The maximum Gasteiger partial charge on any atom is 0.269 e. The number of rotatable bonds is 6. The van der Waals surface area contributed by atoms with Gasteiger partial charge in [0.2, 0.25) is 0 Å². The Hall–Kier alpha value is -3.07. The smallest absolute Gasteiger partial charge is 0.269 e. The van der Waals surface area contributed by atoms with Crippen molar-refractivity contribution < 1.29 is 14.4 Å². The van der Waals surface area contributed by atoms with E-state index in [1.807, 2.05) is 12.1 Å². The molecular weight excluding hydrogens is 296 g/mol. The van der Waals surface area contributed by atoms with E-state index in [0.29, 0.717) is 17.9 Å². The van der Waals surface area contributed by atoms with E-state index in [-0.39, 0.29) is 5.69 Å². The molecule has 1 atom stereocenters. The average Bonchev–Trinajstić information content (AvgIpc) is 2.59. The van der Waals surface area contributed by atoms with E-state index in [9.17, 15) is 15.4 Å². The summed E-state index contributed by atoms with van der Waals surface area (Å²) in [7, 11) is 3.12. The molecule has 2 rings (SSSR count). The monoisotopic (exact) mass is 312 g/mol. The first-order valence-electron chi connectivity index (χ1n) is 6.94. The summed E-state index contributed by atoms with van der Waals surface area (Å²) < 4.78 is 10.4. The van der Waals surface area contributed by atoms with Crippen LogP contribution in [-0.4, -0.2) is 19.1 Å². The Kier molecular flexibility index (Phi) is 5.15. The SMILES string of the molecule is COc1ccc(CC(C#N)c2ccc([N+](=O)[O-])cc2)cc1OC. The lowest BCUT2D eigenvalue weighted by Gasteiger charge is -2.12. The molecule has 0 bridgehead atoms. The second kappa shape index (κ2) is 7.27. The Morgan fingerprint density at radius 1 is 1.13 bits per heavy atom. The van der Waals surface area contributed by atoms with Crippen LogP contribution in [0.25, 0.3) is 0 Å². The van der Waals surface area contributed by atoms with E-state index in [2.05, 4.69) is 6.07 Å². The summed E-state index contributed by atoms with van der Waals surface area (Å²) in [6.07, 6.45) is 0.481. The Morgan fingerprint density at radius 3 is 2.30 bits per heavy atom. The highest BCUT2D eigenvalue weighted by Gasteiger charge is 2.15. The lowest BCUT2D eigenvalue weighted by Crippen LogP contribution is -2.02. The predicted molar refractivity (Wildman–Crippen MR) is 84.7 cm³/mol. The average molecular weight is 312 g/mol. The number of methoxy groups -OCH3 is 2. The molecule has 0 N–H and O–H groups in total. The Bertz CT molecular complexity index is 735. The predicted octanol–water partition coefficient (Wildman–Crippen LogP) is 3.46. The van der Waals surface area contributed by atoms with Crippen LogP contribution in [0.15, 0.2) is 42.5 Å². The normalized spacial score (nSPS) is 11.3. The van der Waals surface area contributed by atoms with E-state index in [0.717, 1.165) is 11.1 Å². The second-order valence-corrected chi connectivity index (χ2v) is 4.92. The summed E-state index contributed by atoms with van der Waals surface area (Å²) in [5.41, 5.74) is 1.68. The molecule has 118 valence electrons. The van der Waals surface area contributed by atoms with Gasteiger partial charge in [-0.15, -0.1) is 0 Å². The van der Waals surface area contributed by atoms with Crippen LogP contribution < -0.4 is 9.47 Å². The molecule has 2 aromatic rings. The third kappa shape index (κ3) is 3.77. The van der Waals surface area contributed by atoms with Crippen molar-refractivity contribution in [3.8, 4) is 17.6 Å². The van der Waals surface area contributed by atoms with Crippen LogP contribution in [0, 0.1) is 21.4 Å². The van der Waals surface area contributed by atoms with Gasteiger partial charge in [0.05, 0.1) is 31.1 Å². The highest BCUT2D eigenvalue weighted by Crippen LogP contribution is 2.30. The number of nitro groups is 1. The van der Waals surface area contributed by atoms with Crippen LogP contribution in [0.3, 0.4) is 0 Å². The zero-order valence-corrected chi connectivity index (χ0v) is 12.9. The van der Waals surface area contributed by atoms with Gasteiger partial charge >= 0.3 is 0 Å². The van der Waals surface area contributed by atoms with Gasteiger partial charge in [-0.25, -0.2) is 0 Å². The van der Waals surface area contributed by atoms with Gasteiger partial charge in [0, 0.05) is 12.1 Å². The molecule has 0 fully saturated rings. The van der Waals surface area contributed by atoms with Crippen LogP contribution in [0.2, 0.25) is 0 Å². The molecule has 6 heteroatoms. The van der Waals surface area contributed by atoms with Crippen molar-refractivity contribution in [2.75, 3.05) is 14.2 Å². The van der Waals surface area contributed by atoms with Crippen LogP contribution in [0.5, 0.6) is 11.5 Å². The van der Waals surface area contributed by atoms with Gasteiger partial charge < -0.3 is 9.47 Å². The Morgan fingerprint density at radius 2 is 1.78 bits per heavy atom. The third-order valence-corrected chi connectivity index (χ3v) is 3.55. The fourth-order valence-electron chi connectivity index (χ4n) is 2.31. The maximum absolute atomic E-state index is 10.7. The molecule has 1 unspecified atom stereocenters. The van der Waals surface area contributed by atoms with E-state index in [1.165, 1.54) is 12.1 Å². The molecule has 2 aromatic carbocycles. The topological polar surface area (TPSA) is 85.4 Å². The minimum absolute atomic E-state index is 0.0107. The standard InChI is InChI=1S/C17H16N2O4/c1-22-16-8-3-12(10-17(16)23-2)9-14(11-18)13-4-6-15(7-5-13)19(20)21/h3-8,10,14H,9H2,1-2H3. The molecule has 0 aliphatic carbocycles. The number of hydrogen-bond donors (Lipinski definition) is 0. The van der Waals surface area contributed by atoms with E-state index in [1.54, 1.807) is 32.4 Å². The number of benzene rings is 2. The fraction of sp³-hybridized carbons (Fsp3) is 0.235. The van der Waals surface area contributed by atoms with Crippen molar-refractivity contribution in [3.05, 3.63) is 63.7 Å². The fourth-order valence-corrected chi connectivity index (χ4v) is 2.31. The number of hydrogen-bond acceptors (Lipinski definition) is 5. The second-order valence-electron chi connectivity index (χ2n) is 4.92. The van der Waals surface area contributed by atoms with Crippen molar-refractivity contribution in [3.63, 3.8) is 0 Å². The maximum atomic E-state index is 10.7. The summed E-state index contributed by atoms with van der Waals surface area (Å²) >= 11 is 0. The number of nitro benzene ring substituents is 1. The first-order valence-corrected chi connectivity index (χ1v) is 6.94. The highest BCUT2D eigenvalue weighted by molar-refractivity contribution is 5.44. The molecular formula is C17H16N2O4. The van der Waals surface area contributed by atoms with E-state index >= 15 is 0 Å². The molecule has 0 aromatic heterocycles. The van der Waals surface area contributed by atoms with Crippen molar-refractivity contribution in [1.29, 1.82) is 5.26 Å². The van der Waals surface area contributed by atoms with Crippen molar-refractivity contribution in [2.45, 2.75) is 12.3 Å². The van der Waals surface area contributed by atoms with Crippen LogP contribution in [-0.2, 0) is 6.42 Å². The molecule has 0 spiro atoms. The molecule has 0 radical (unpaired) electrons. The lowest BCUT2D eigenvalue weighted by atomic mass is 9.93. The van der Waals surface area contributed by atoms with Crippen LogP contribution in [0.1, 0.15) is 17.0 Å². The van der Waals surface area contributed by atoms with Gasteiger partial charge in [-0.3, -0.25) is 10.1 Å². The first-order chi connectivity index (χ1) is 11.1. The van der Waals surface area contributed by atoms with E-state index in [4.69, 9.17) is 9.47 Å². The largest absolute Gasteiger partial charge is 0.493 e. The van der Waals surface area contributed by atoms with Gasteiger partial charge in [0.1, 0.15) is 0 Å². The lowest BCUT2D eigenvalue weighted by molar-refractivity contribution is -0.384. The number of non-ortho nitro benzene ring substituents is 1. The minimum atomic E-state index is -0.459. The molecule has 0 aliphatic rings. The first kappa shape index (κ1) is 16.3. The van der Waals surface area contributed by atoms with Crippen molar-refractivity contribution in [2.24, 2.45) is 0 Å². The summed E-state index contributed by atoms with van der Waals surface area (Å²) in [5, 5.41) is 20.1. The van der Waals surface area contributed by atoms with Crippen LogP contribution in [0.4, 0.5) is 5.69 Å². The zero-order valence-electron chi connectivity index (χ0n) is 12.9. The molecule has 0 amide bonds. The quantitative estimate of drug-likeness (QED) is 0.602. The Labute approximate surface area is 134 Å². The van der Waals surface area contributed by atoms with Gasteiger partial charge in [0.15, 0.2) is 11.5 Å². The van der Waals surface area contributed by atoms with E-state index < -0.39 is 10.8 Å². The van der Waals surface area contributed by atoms with Gasteiger partial charge in [-0.2, -0.15) is 5.26 Å². The van der Waals surface area contributed by atoms with Crippen molar-refractivity contribution >= 4 is 5.69 Å². The minimum Gasteiger partial charge on any atom is -0.493 e. The summed E-state index contributed by atoms with van der Waals surface area (Å²) in [4.78, 5) is 10.2. The number of nitriles is 1. The molecule has 0 heterocycles. The van der Waals surface area contributed by atoms with Crippen molar-refractivity contribution in [1.82, 2.24) is 0 Å². The zero-order chi connectivity index (χ0) is 16.8. The molecule has 23 heavy (non-hydrogen) atoms. The molecule has 0 saturated heterocycles. The number of nitrogens with zero attached hydrogens (tertiary/aromatic N) is 2. The third-order valence-electron chi connectivity index (χ3n) is 3.55. The van der Waals surface area contributed by atoms with Gasteiger partial charge in [-0.1, -0.05) is 18.2 Å². The van der Waals surface area contributed by atoms with Crippen LogP contribution >= 0.6 is 0 Å². The summed E-state index contributed by atoms with van der Waals surface area (Å²) in [6, 6.07) is 13.8. The summed E-state index contributed by atoms with van der Waals surface area (Å²) in [6.45, 7) is 0. The molecule has 0 saturated carbocycles. The summed E-state index contributed by atoms with van der Waals surface area (Å²) in [5.74, 6) is 0.833. The van der Waals surface area contributed by atoms with Gasteiger partial charge in [-0.05, 0) is 29.7 Å². The van der Waals surface area contributed by atoms with Gasteiger partial charge in [0.25, 0.3) is 5.69 Å².